The van der Waals surface area contributed by atoms with Crippen LogP contribution in [0.1, 0.15) is 73.1 Å². The van der Waals surface area contributed by atoms with Gasteiger partial charge in [-0.05, 0) is 70.3 Å². The van der Waals surface area contributed by atoms with E-state index < -0.39 is 35.4 Å². The lowest BCUT2D eigenvalue weighted by molar-refractivity contribution is -0.151. The zero-order chi connectivity index (χ0) is 24.8. The maximum Gasteiger partial charge on any atom is 0.312 e. The highest BCUT2D eigenvalue weighted by Gasteiger charge is 2.56. The number of rotatable bonds is 6. The summed E-state index contributed by atoms with van der Waals surface area (Å²) in [6, 6.07) is 0. The molecule has 4 N–H and O–H groups in total. The van der Waals surface area contributed by atoms with Crippen molar-refractivity contribution in [2.24, 2.45) is 28.6 Å². The number of aliphatic hydroxyl groups excluding tert-OH is 3. The topological polar surface area (TPSA) is 98.0 Å². The van der Waals surface area contributed by atoms with Crippen LogP contribution in [-0.2, 0) is 4.79 Å². The zero-order valence-corrected chi connectivity index (χ0v) is 20.6. The standard InChI is InChI=1S/C27H41FO5/c1-16-18(14-19(29)15-21(16)30)7-6-17-10-12-26(4)20(17)8-9-22(26)27(5,28)13-11-23(31)25(2,3)24(32)33/h6-7,11,13,16,19-23,29-31H,8-10,12,14-15H2,1-5H3,(H,32,33)/t16-,19-,20+,21-,22+,23+,26+,27+/m1/s1. The largest absolute Gasteiger partial charge is 0.481 e. The molecule has 0 radical (unpaired) electrons. The van der Waals surface area contributed by atoms with Crippen molar-refractivity contribution >= 4 is 5.97 Å². The predicted octanol–water partition coefficient (Wildman–Crippen LogP) is 4.57. The van der Waals surface area contributed by atoms with Crippen LogP contribution < -0.4 is 0 Å². The molecule has 3 saturated carbocycles. The lowest BCUT2D eigenvalue weighted by atomic mass is 9.68. The minimum Gasteiger partial charge on any atom is -0.481 e. The number of carbonyl (C=O) groups is 1. The molecule has 0 aromatic carbocycles. The maximum atomic E-state index is 15.9. The van der Waals surface area contributed by atoms with Crippen LogP contribution in [0.4, 0.5) is 4.39 Å². The van der Waals surface area contributed by atoms with Gasteiger partial charge in [0.25, 0.3) is 0 Å². The second-order valence-electron chi connectivity index (χ2n) is 11.6. The lowest BCUT2D eigenvalue weighted by Gasteiger charge is -2.38. The van der Waals surface area contributed by atoms with Crippen molar-refractivity contribution in [1.82, 2.24) is 0 Å². The summed E-state index contributed by atoms with van der Waals surface area (Å²) in [5, 5.41) is 39.8. The summed E-state index contributed by atoms with van der Waals surface area (Å²) in [4.78, 5) is 11.4. The number of alkyl halides is 1. The third kappa shape index (κ3) is 4.98. The fourth-order valence-electron chi connectivity index (χ4n) is 6.38. The molecule has 0 aromatic rings. The Bertz CT molecular complexity index is 841. The van der Waals surface area contributed by atoms with Crippen molar-refractivity contribution in [2.75, 3.05) is 0 Å². The van der Waals surface area contributed by atoms with Crippen LogP contribution in [0.5, 0.6) is 0 Å². The van der Waals surface area contributed by atoms with E-state index >= 15 is 4.39 Å². The van der Waals surface area contributed by atoms with E-state index in [1.54, 1.807) is 6.92 Å². The molecule has 8 atom stereocenters. The summed E-state index contributed by atoms with van der Waals surface area (Å²) in [5.41, 5.74) is -0.879. The zero-order valence-electron chi connectivity index (χ0n) is 20.6. The van der Waals surface area contributed by atoms with Crippen LogP contribution in [-0.4, -0.2) is 50.4 Å². The fraction of sp³-hybridized carbons (Fsp3) is 0.741. The molecule has 0 saturated heterocycles. The average molecular weight is 465 g/mol. The van der Waals surface area contributed by atoms with Gasteiger partial charge in [-0.3, -0.25) is 4.79 Å². The molecule has 6 heteroatoms. The van der Waals surface area contributed by atoms with E-state index in [0.29, 0.717) is 12.8 Å². The highest BCUT2D eigenvalue weighted by atomic mass is 19.1. The van der Waals surface area contributed by atoms with Gasteiger partial charge in [0, 0.05) is 18.3 Å². The molecule has 0 unspecified atom stereocenters. The number of hydrogen-bond donors (Lipinski definition) is 4. The predicted molar refractivity (Wildman–Crippen MR) is 126 cm³/mol. The van der Waals surface area contributed by atoms with Gasteiger partial charge < -0.3 is 20.4 Å². The van der Waals surface area contributed by atoms with Gasteiger partial charge in [0.1, 0.15) is 5.67 Å². The normalized spacial score (nSPS) is 40.3. The molecule has 186 valence electrons. The van der Waals surface area contributed by atoms with Crippen molar-refractivity contribution in [2.45, 2.75) is 97.1 Å². The molecule has 0 amide bonds. The molecule has 0 aliphatic heterocycles. The smallest absolute Gasteiger partial charge is 0.312 e. The molecule has 5 nitrogen and oxygen atoms in total. The van der Waals surface area contributed by atoms with Crippen LogP contribution in [0.15, 0.2) is 35.5 Å². The SMILES string of the molecule is C[C@@H]1C(=CC=C2CC[C@@]3(C)[C@H]2CC[C@@H]3[C@@](C)(F)C=C[C@H](O)C(C)(C)C(=O)O)C[C@@H](O)C[C@H]1O. The van der Waals surface area contributed by atoms with Crippen molar-refractivity contribution in [3.8, 4) is 0 Å². The van der Waals surface area contributed by atoms with Crippen molar-refractivity contribution < 1.29 is 29.6 Å². The minimum absolute atomic E-state index is 0.0233. The number of carboxylic acid groups (broad SMARTS) is 1. The Hall–Kier alpha value is -1.50. The van der Waals surface area contributed by atoms with Crippen molar-refractivity contribution in [1.29, 1.82) is 0 Å². The second-order valence-corrected chi connectivity index (χ2v) is 11.6. The van der Waals surface area contributed by atoms with E-state index in [4.69, 9.17) is 0 Å². The molecule has 0 spiro atoms. The first-order valence-corrected chi connectivity index (χ1v) is 12.3. The Morgan fingerprint density at radius 2 is 1.82 bits per heavy atom. The van der Waals surface area contributed by atoms with Gasteiger partial charge in [-0.1, -0.05) is 43.2 Å². The molecule has 0 aromatic heterocycles. The average Bonchev–Trinajstić information content (AvgIpc) is 3.22. The summed E-state index contributed by atoms with van der Waals surface area (Å²) in [6.07, 6.45) is 8.98. The number of hydrogen-bond acceptors (Lipinski definition) is 4. The van der Waals surface area contributed by atoms with Crippen LogP contribution in [0.25, 0.3) is 0 Å². The minimum atomic E-state index is -1.65. The molecule has 0 heterocycles. The Balaban J connectivity index is 1.77. The van der Waals surface area contributed by atoms with Gasteiger partial charge in [0.15, 0.2) is 0 Å². The maximum absolute atomic E-state index is 15.9. The Morgan fingerprint density at radius 1 is 1.18 bits per heavy atom. The third-order valence-corrected chi connectivity index (χ3v) is 8.97. The summed E-state index contributed by atoms with van der Waals surface area (Å²) in [7, 11) is 0. The van der Waals surface area contributed by atoms with Gasteiger partial charge in [-0.25, -0.2) is 4.39 Å². The van der Waals surface area contributed by atoms with E-state index in [0.717, 1.165) is 31.3 Å². The molecule has 3 fully saturated rings. The molecule has 3 aliphatic carbocycles. The fourth-order valence-corrected chi connectivity index (χ4v) is 6.38. The van der Waals surface area contributed by atoms with E-state index in [1.807, 2.05) is 6.92 Å². The number of aliphatic hydroxyl groups is 3. The second kappa shape index (κ2) is 9.27. The van der Waals surface area contributed by atoms with Crippen molar-refractivity contribution in [3.63, 3.8) is 0 Å². The van der Waals surface area contributed by atoms with Crippen LogP contribution in [0.2, 0.25) is 0 Å². The Morgan fingerprint density at radius 3 is 2.45 bits per heavy atom. The highest BCUT2D eigenvalue weighted by Crippen LogP contribution is 2.62. The lowest BCUT2D eigenvalue weighted by Crippen LogP contribution is -2.39. The molecular weight excluding hydrogens is 423 g/mol. The Kier molecular flexibility index (Phi) is 7.34. The highest BCUT2D eigenvalue weighted by molar-refractivity contribution is 5.74. The van der Waals surface area contributed by atoms with E-state index in [9.17, 15) is 25.2 Å². The number of halogens is 1. The van der Waals surface area contributed by atoms with Gasteiger partial charge in [0.05, 0.1) is 23.7 Å². The molecular formula is C27H41FO5. The number of carboxylic acids is 1. The first kappa shape index (κ1) is 26.1. The van der Waals surface area contributed by atoms with E-state index in [-0.39, 0.29) is 23.2 Å². The molecule has 3 rings (SSSR count). The first-order chi connectivity index (χ1) is 15.2. The quantitative estimate of drug-likeness (QED) is 0.432. The number of aliphatic carboxylic acids is 1. The van der Waals surface area contributed by atoms with Gasteiger partial charge >= 0.3 is 5.97 Å². The molecule has 33 heavy (non-hydrogen) atoms. The van der Waals surface area contributed by atoms with Crippen LogP contribution in [0, 0.1) is 28.6 Å². The van der Waals surface area contributed by atoms with Crippen LogP contribution >= 0.6 is 0 Å². The summed E-state index contributed by atoms with van der Waals surface area (Å²) < 4.78 is 15.9. The monoisotopic (exact) mass is 464 g/mol. The van der Waals surface area contributed by atoms with Crippen molar-refractivity contribution in [3.05, 3.63) is 35.5 Å². The van der Waals surface area contributed by atoms with Gasteiger partial charge in [0.2, 0.25) is 0 Å². The van der Waals surface area contributed by atoms with E-state index in [2.05, 4.69) is 19.1 Å². The third-order valence-electron chi connectivity index (χ3n) is 8.97. The summed E-state index contributed by atoms with van der Waals surface area (Å²) >= 11 is 0. The number of allylic oxidation sites excluding steroid dienone is 4. The molecule has 3 aliphatic rings. The summed E-state index contributed by atoms with van der Waals surface area (Å²) in [5.74, 6) is -1.05. The molecule has 0 bridgehead atoms. The van der Waals surface area contributed by atoms with E-state index in [1.165, 1.54) is 31.6 Å². The Labute approximate surface area is 197 Å². The van der Waals surface area contributed by atoms with Crippen LogP contribution in [0.3, 0.4) is 0 Å². The van der Waals surface area contributed by atoms with Gasteiger partial charge in [-0.2, -0.15) is 0 Å². The van der Waals surface area contributed by atoms with Gasteiger partial charge in [-0.15, -0.1) is 0 Å². The first-order valence-electron chi connectivity index (χ1n) is 12.3. The number of fused-ring (bicyclic) bond motifs is 1. The summed E-state index contributed by atoms with van der Waals surface area (Å²) in [6.45, 7) is 8.55.